The smallest absolute Gasteiger partial charge is 0.245 e. The van der Waals surface area contributed by atoms with Crippen molar-refractivity contribution in [1.82, 2.24) is 15.5 Å². The van der Waals surface area contributed by atoms with Crippen molar-refractivity contribution in [1.29, 1.82) is 0 Å². The second-order valence-electron chi connectivity index (χ2n) is 5.54. The van der Waals surface area contributed by atoms with E-state index in [1.54, 1.807) is 4.90 Å². The lowest BCUT2D eigenvalue weighted by Crippen LogP contribution is -2.62. The first-order valence-corrected chi connectivity index (χ1v) is 7.35. The van der Waals surface area contributed by atoms with Gasteiger partial charge >= 0.3 is 0 Å². The number of hydrogen-bond donors (Lipinski definition) is 2. The molecule has 0 saturated carbocycles. The third-order valence-electron chi connectivity index (χ3n) is 3.39. The van der Waals surface area contributed by atoms with Crippen LogP contribution in [-0.2, 0) is 14.3 Å². The zero-order valence-corrected chi connectivity index (χ0v) is 13.0. The van der Waals surface area contributed by atoms with Gasteiger partial charge in [0, 0.05) is 13.1 Å². The van der Waals surface area contributed by atoms with Gasteiger partial charge in [0.05, 0.1) is 18.8 Å². The summed E-state index contributed by atoms with van der Waals surface area (Å²) in [4.78, 5) is 26.4. The van der Waals surface area contributed by atoms with Crippen molar-refractivity contribution in [2.24, 2.45) is 0 Å². The molecule has 1 rings (SSSR count). The average Bonchev–Trinajstić information content (AvgIpc) is 2.43. The Kier molecular flexibility index (Phi) is 6.42. The van der Waals surface area contributed by atoms with Gasteiger partial charge in [-0.1, -0.05) is 13.8 Å². The fourth-order valence-corrected chi connectivity index (χ4v) is 2.31. The normalized spacial score (nSPS) is 19.8. The fourth-order valence-electron chi connectivity index (χ4n) is 2.31. The maximum atomic E-state index is 12.6. The van der Waals surface area contributed by atoms with Crippen molar-refractivity contribution < 1.29 is 14.3 Å². The van der Waals surface area contributed by atoms with Crippen LogP contribution >= 0.6 is 0 Å². The van der Waals surface area contributed by atoms with Gasteiger partial charge in [-0.15, -0.1) is 0 Å². The quantitative estimate of drug-likeness (QED) is 0.728. The molecule has 1 saturated heterocycles. The molecule has 0 aromatic rings. The van der Waals surface area contributed by atoms with E-state index >= 15 is 0 Å². The Morgan fingerprint density at radius 1 is 1.35 bits per heavy atom. The Bertz CT molecular complexity index is 345. The lowest BCUT2D eigenvalue weighted by molar-refractivity contribution is -0.152. The topological polar surface area (TPSA) is 70.7 Å². The molecule has 116 valence electrons. The molecule has 1 fully saturated rings. The number of carbonyl (C=O) groups excluding carboxylic acids is 2. The summed E-state index contributed by atoms with van der Waals surface area (Å²) in [7, 11) is 0. The number of hydrogen-bond acceptors (Lipinski definition) is 4. The number of nitrogens with one attached hydrogen (secondary N) is 2. The maximum Gasteiger partial charge on any atom is 0.245 e. The summed E-state index contributed by atoms with van der Waals surface area (Å²) >= 11 is 0. The number of likely N-dealkylation sites (N-methyl/N-ethyl adjacent to an activating group) is 1. The van der Waals surface area contributed by atoms with E-state index in [2.05, 4.69) is 10.6 Å². The lowest BCUT2D eigenvalue weighted by atomic mass is 10.0. The average molecular weight is 285 g/mol. The van der Waals surface area contributed by atoms with Crippen molar-refractivity contribution in [2.45, 2.75) is 45.7 Å². The standard InChI is InChI=1S/C14H27N3O3/c1-5-7-15-12(18)11-10-20-9-8-17(11)13(19)14(3,4)16-6-2/h11,16H,5-10H2,1-4H3,(H,15,18). The molecule has 1 atom stereocenters. The number of carbonyl (C=O) groups is 2. The van der Waals surface area contributed by atoms with Crippen LogP contribution in [0.1, 0.15) is 34.1 Å². The van der Waals surface area contributed by atoms with Crippen LogP contribution in [0.5, 0.6) is 0 Å². The minimum absolute atomic E-state index is 0.0562. The second kappa shape index (κ2) is 7.59. The van der Waals surface area contributed by atoms with Gasteiger partial charge in [0.25, 0.3) is 0 Å². The van der Waals surface area contributed by atoms with E-state index in [0.717, 1.165) is 6.42 Å². The third kappa shape index (κ3) is 4.18. The molecule has 1 unspecified atom stereocenters. The summed E-state index contributed by atoms with van der Waals surface area (Å²) in [5, 5.41) is 5.99. The molecule has 6 heteroatoms. The molecule has 1 heterocycles. The van der Waals surface area contributed by atoms with Crippen molar-refractivity contribution >= 4 is 11.8 Å². The zero-order valence-electron chi connectivity index (χ0n) is 13.0. The first-order chi connectivity index (χ1) is 9.44. The highest BCUT2D eigenvalue weighted by atomic mass is 16.5. The summed E-state index contributed by atoms with van der Waals surface area (Å²) in [6, 6.07) is -0.527. The number of amides is 2. The minimum Gasteiger partial charge on any atom is -0.377 e. The van der Waals surface area contributed by atoms with E-state index < -0.39 is 11.6 Å². The lowest BCUT2D eigenvalue weighted by Gasteiger charge is -2.39. The number of nitrogens with zero attached hydrogens (tertiary/aromatic N) is 1. The molecule has 0 aromatic heterocycles. The van der Waals surface area contributed by atoms with Gasteiger partial charge in [-0.25, -0.2) is 0 Å². The van der Waals surface area contributed by atoms with Gasteiger partial charge in [0.2, 0.25) is 11.8 Å². The Balaban J connectivity index is 2.78. The van der Waals surface area contributed by atoms with Crippen molar-refractivity contribution in [3.05, 3.63) is 0 Å². The van der Waals surface area contributed by atoms with E-state index in [1.807, 2.05) is 27.7 Å². The summed E-state index contributed by atoms with van der Waals surface area (Å²) in [6.45, 7) is 10.2. The predicted octanol–water partition coefficient (Wildman–Crippen LogP) is 0.128. The summed E-state index contributed by atoms with van der Waals surface area (Å²) < 4.78 is 5.36. The molecule has 2 N–H and O–H groups in total. The zero-order chi connectivity index (χ0) is 15.2. The largest absolute Gasteiger partial charge is 0.377 e. The summed E-state index contributed by atoms with van der Waals surface area (Å²) in [6.07, 6.45) is 0.871. The minimum atomic E-state index is -0.671. The fraction of sp³-hybridized carbons (Fsp3) is 0.857. The number of ether oxygens (including phenoxy) is 1. The van der Waals surface area contributed by atoms with Crippen molar-refractivity contribution in [3.8, 4) is 0 Å². The molecule has 0 bridgehead atoms. The van der Waals surface area contributed by atoms with E-state index in [-0.39, 0.29) is 18.4 Å². The van der Waals surface area contributed by atoms with Gasteiger partial charge in [-0.2, -0.15) is 0 Å². The predicted molar refractivity (Wildman–Crippen MR) is 77.4 cm³/mol. The molecule has 0 aromatic carbocycles. The van der Waals surface area contributed by atoms with Crippen LogP contribution in [0.25, 0.3) is 0 Å². The molecular formula is C14H27N3O3. The molecule has 0 radical (unpaired) electrons. The monoisotopic (exact) mass is 285 g/mol. The highest BCUT2D eigenvalue weighted by Crippen LogP contribution is 2.15. The molecule has 2 amide bonds. The van der Waals surface area contributed by atoms with Gasteiger partial charge < -0.3 is 20.3 Å². The Morgan fingerprint density at radius 2 is 2.05 bits per heavy atom. The number of rotatable bonds is 6. The van der Waals surface area contributed by atoms with Gasteiger partial charge in [0.15, 0.2) is 0 Å². The Labute approximate surface area is 121 Å². The van der Waals surface area contributed by atoms with E-state index in [4.69, 9.17) is 4.74 Å². The maximum absolute atomic E-state index is 12.6. The van der Waals surface area contributed by atoms with Crippen LogP contribution < -0.4 is 10.6 Å². The molecule has 0 aliphatic carbocycles. The molecule has 1 aliphatic rings. The van der Waals surface area contributed by atoms with Crippen LogP contribution in [0.15, 0.2) is 0 Å². The first-order valence-electron chi connectivity index (χ1n) is 7.35. The SMILES string of the molecule is CCCNC(=O)C1COCCN1C(=O)C(C)(C)NCC. The van der Waals surface area contributed by atoms with Crippen LogP contribution in [-0.4, -0.2) is 61.1 Å². The van der Waals surface area contributed by atoms with Crippen LogP contribution in [0.4, 0.5) is 0 Å². The molecule has 20 heavy (non-hydrogen) atoms. The van der Waals surface area contributed by atoms with Crippen molar-refractivity contribution in [2.75, 3.05) is 32.8 Å². The van der Waals surface area contributed by atoms with Crippen LogP contribution in [0, 0.1) is 0 Å². The highest BCUT2D eigenvalue weighted by molar-refractivity contribution is 5.92. The Morgan fingerprint density at radius 3 is 2.65 bits per heavy atom. The summed E-state index contributed by atoms with van der Waals surface area (Å²) in [5.41, 5.74) is -0.671. The Hall–Kier alpha value is -1.14. The highest BCUT2D eigenvalue weighted by Gasteiger charge is 2.39. The van der Waals surface area contributed by atoms with E-state index in [0.29, 0.717) is 26.2 Å². The van der Waals surface area contributed by atoms with Gasteiger partial charge in [-0.05, 0) is 26.8 Å². The molecular weight excluding hydrogens is 258 g/mol. The van der Waals surface area contributed by atoms with Crippen LogP contribution in [0.2, 0.25) is 0 Å². The number of morpholine rings is 1. The second-order valence-corrected chi connectivity index (χ2v) is 5.54. The van der Waals surface area contributed by atoms with E-state index in [1.165, 1.54) is 0 Å². The van der Waals surface area contributed by atoms with Crippen molar-refractivity contribution in [3.63, 3.8) is 0 Å². The van der Waals surface area contributed by atoms with Crippen LogP contribution in [0.3, 0.4) is 0 Å². The molecule has 0 spiro atoms. The molecule has 6 nitrogen and oxygen atoms in total. The first kappa shape index (κ1) is 16.9. The van der Waals surface area contributed by atoms with Gasteiger partial charge in [-0.3, -0.25) is 9.59 Å². The molecule has 1 aliphatic heterocycles. The third-order valence-corrected chi connectivity index (χ3v) is 3.39. The van der Waals surface area contributed by atoms with E-state index in [9.17, 15) is 9.59 Å². The van der Waals surface area contributed by atoms with Gasteiger partial charge in [0.1, 0.15) is 6.04 Å². The summed E-state index contributed by atoms with van der Waals surface area (Å²) in [5.74, 6) is -0.188.